The van der Waals surface area contributed by atoms with Crippen molar-refractivity contribution in [2.24, 2.45) is 5.92 Å². The molecule has 5 rings (SSSR count). The summed E-state index contributed by atoms with van der Waals surface area (Å²) in [5, 5.41) is 0.868. The molecule has 4 heterocycles. The number of carbonyl (C=O) groups is 1. The number of halogens is 2. The Kier molecular flexibility index (Phi) is 6.29. The van der Waals surface area contributed by atoms with Gasteiger partial charge in [0.05, 0.1) is 12.8 Å². The highest BCUT2D eigenvalue weighted by Gasteiger charge is 2.37. The Morgan fingerprint density at radius 1 is 1.18 bits per heavy atom. The first-order valence-electron chi connectivity index (χ1n) is 12.4. The van der Waals surface area contributed by atoms with Gasteiger partial charge in [-0.05, 0) is 63.6 Å². The summed E-state index contributed by atoms with van der Waals surface area (Å²) in [5.41, 5.74) is 1.32. The first-order valence-corrected chi connectivity index (χ1v) is 12.4. The Bertz CT molecular complexity index is 994. The van der Waals surface area contributed by atoms with E-state index in [0.29, 0.717) is 30.0 Å². The average Bonchev–Trinajstić information content (AvgIpc) is 3.41. The summed E-state index contributed by atoms with van der Waals surface area (Å²) in [4.78, 5) is 22.0. The van der Waals surface area contributed by atoms with Crippen LogP contribution < -0.4 is 4.74 Å². The molecule has 0 aromatic carbocycles. The van der Waals surface area contributed by atoms with Gasteiger partial charge in [0.2, 0.25) is 0 Å². The van der Waals surface area contributed by atoms with Crippen LogP contribution in [0.3, 0.4) is 0 Å². The first-order chi connectivity index (χ1) is 15.9. The molecule has 0 spiro atoms. The van der Waals surface area contributed by atoms with Crippen LogP contribution in [0.25, 0.3) is 11.0 Å². The molecule has 2 aliphatic heterocycles. The predicted molar refractivity (Wildman–Crippen MR) is 123 cm³/mol. The van der Waals surface area contributed by atoms with Crippen molar-refractivity contribution in [2.45, 2.75) is 70.4 Å². The number of carbonyl (C=O) groups excluding carboxylic acids is 1. The summed E-state index contributed by atoms with van der Waals surface area (Å²) in [7, 11) is 0. The minimum atomic E-state index is -2.67. The van der Waals surface area contributed by atoms with Gasteiger partial charge in [0.25, 0.3) is 11.8 Å². The number of likely N-dealkylation sites (tertiary alicyclic amines) is 2. The summed E-state index contributed by atoms with van der Waals surface area (Å²) in [5.74, 6) is -1.58. The quantitative estimate of drug-likeness (QED) is 0.542. The first kappa shape index (κ1) is 22.6. The Morgan fingerprint density at radius 2 is 1.97 bits per heavy atom. The van der Waals surface area contributed by atoms with Crippen molar-refractivity contribution in [3.63, 3.8) is 0 Å². The van der Waals surface area contributed by atoms with E-state index in [1.165, 1.54) is 19.4 Å². The van der Waals surface area contributed by atoms with Gasteiger partial charge in [-0.1, -0.05) is 0 Å². The summed E-state index contributed by atoms with van der Waals surface area (Å²) >= 11 is 0. The van der Waals surface area contributed by atoms with E-state index in [-0.39, 0.29) is 31.8 Å². The van der Waals surface area contributed by atoms with Gasteiger partial charge in [-0.3, -0.25) is 4.79 Å². The SMILES string of the molecule is CC1CCCN1CCCOc1cnc2c(c1)cc(C(=O)N1CCC(F)(F)CC1)n2CC1CC1. The lowest BCUT2D eigenvalue weighted by molar-refractivity contribution is -0.0495. The van der Waals surface area contributed by atoms with Crippen LogP contribution in [0.5, 0.6) is 5.75 Å². The number of alkyl halides is 2. The lowest BCUT2D eigenvalue weighted by atomic mass is 10.1. The molecular formula is C25H34F2N4O2. The molecule has 1 aliphatic carbocycles. The lowest BCUT2D eigenvalue weighted by Gasteiger charge is -2.31. The van der Waals surface area contributed by atoms with Gasteiger partial charge in [0.15, 0.2) is 0 Å². The zero-order valence-corrected chi connectivity index (χ0v) is 19.4. The van der Waals surface area contributed by atoms with Crippen molar-refractivity contribution in [1.29, 1.82) is 0 Å². The molecule has 1 unspecified atom stereocenters. The van der Waals surface area contributed by atoms with Crippen molar-refractivity contribution < 1.29 is 18.3 Å². The topological polar surface area (TPSA) is 50.6 Å². The molecule has 0 N–H and O–H groups in total. The number of aromatic nitrogens is 2. The number of ether oxygens (including phenoxy) is 1. The number of pyridine rings is 1. The molecule has 6 nitrogen and oxygen atoms in total. The number of hydrogen-bond acceptors (Lipinski definition) is 4. The average molecular weight is 461 g/mol. The van der Waals surface area contributed by atoms with Crippen molar-refractivity contribution >= 4 is 16.9 Å². The van der Waals surface area contributed by atoms with E-state index in [4.69, 9.17) is 4.74 Å². The largest absolute Gasteiger partial charge is 0.492 e. The Morgan fingerprint density at radius 3 is 2.67 bits per heavy atom. The Hall–Kier alpha value is -2.22. The van der Waals surface area contributed by atoms with Gasteiger partial charge in [0, 0.05) is 50.4 Å². The summed E-state index contributed by atoms with van der Waals surface area (Å²) in [6, 6.07) is 4.47. The maximum Gasteiger partial charge on any atom is 0.270 e. The standard InChI is InChI=1S/C25H34F2N4O2/c1-18-4-2-9-29(18)10-3-13-33-21-14-20-15-22(24(32)30-11-7-25(26,27)8-12-30)31(17-19-5-6-19)23(20)28-16-21/h14-16,18-19H,2-13,17H2,1H3. The number of hydrogen-bond donors (Lipinski definition) is 0. The van der Waals surface area contributed by atoms with Crippen molar-refractivity contribution in [1.82, 2.24) is 19.4 Å². The summed E-state index contributed by atoms with van der Waals surface area (Å²) in [6.45, 7) is 6.06. The van der Waals surface area contributed by atoms with Crippen LogP contribution in [0.15, 0.2) is 18.3 Å². The van der Waals surface area contributed by atoms with Crippen LogP contribution in [-0.2, 0) is 6.54 Å². The molecule has 2 aromatic rings. The molecule has 2 aromatic heterocycles. The van der Waals surface area contributed by atoms with Crippen LogP contribution in [0, 0.1) is 5.92 Å². The van der Waals surface area contributed by atoms with Crippen LogP contribution in [0.1, 0.15) is 62.4 Å². The van der Waals surface area contributed by atoms with Crippen LogP contribution >= 0.6 is 0 Å². The van der Waals surface area contributed by atoms with Crippen LogP contribution in [0.4, 0.5) is 8.78 Å². The van der Waals surface area contributed by atoms with E-state index in [9.17, 15) is 13.6 Å². The molecule has 2 saturated heterocycles. The second kappa shape index (κ2) is 9.20. The van der Waals surface area contributed by atoms with Gasteiger partial charge < -0.3 is 19.1 Å². The maximum absolute atomic E-state index is 13.6. The Balaban J connectivity index is 1.28. The van der Waals surface area contributed by atoms with Gasteiger partial charge in [-0.2, -0.15) is 0 Å². The molecule has 0 bridgehead atoms. The fourth-order valence-electron chi connectivity index (χ4n) is 5.11. The van der Waals surface area contributed by atoms with Gasteiger partial charge in [-0.25, -0.2) is 13.8 Å². The number of amides is 1. The summed E-state index contributed by atoms with van der Waals surface area (Å²) < 4.78 is 35.1. The minimum Gasteiger partial charge on any atom is -0.492 e. The lowest BCUT2D eigenvalue weighted by Crippen LogP contribution is -2.43. The number of piperidine rings is 1. The van der Waals surface area contributed by atoms with Gasteiger partial charge >= 0.3 is 0 Å². The fraction of sp³-hybridized carbons (Fsp3) is 0.680. The molecule has 3 aliphatic rings. The van der Waals surface area contributed by atoms with E-state index in [2.05, 4.69) is 16.8 Å². The predicted octanol–water partition coefficient (Wildman–Crippen LogP) is 4.57. The third-order valence-corrected chi connectivity index (χ3v) is 7.40. The highest BCUT2D eigenvalue weighted by molar-refractivity contribution is 5.98. The van der Waals surface area contributed by atoms with Crippen LogP contribution in [0.2, 0.25) is 0 Å². The zero-order chi connectivity index (χ0) is 23.0. The second-order valence-electron chi connectivity index (χ2n) is 10.0. The van der Waals surface area contributed by atoms with Gasteiger partial charge in [-0.15, -0.1) is 0 Å². The zero-order valence-electron chi connectivity index (χ0n) is 19.4. The monoisotopic (exact) mass is 460 g/mol. The molecule has 8 heteroatoms. The number of fused-ring (bicyclic) bond motifs is 1. The van der Waals surface area contributed by atoms with E-state index in [1.54, 1.807) is 11.1 Å². The van der Waals surface area contributed by atoms with Crippen molar-refractivity contribution in [3.8, 4) is 5.75 Å². The highest BCUT2D eigenvalue weighted by Crippen LogP contribution is 2.34. The number of nitrogens with zero attached hydrogens (tertiary/aromatic N) is 4. The molecular weight excluding hydrogens is 426 g/mol. The molecule has 180 valence electrons. The molecule has 1 amide bonds. The van der Waals surface area contributed by atoms with E-state index >= 15 is 0 Å². The van der Waals surface area contributed by atoms with Crippen molar-refractivity contribution in [2.75, 3.05) is 32.8 Å². The molecule has 3 fully saturated rings. The third-order valence-electron chi connectivity index (χ3n) is 7.40. The highest BCUT2D eigenvalue weighted by atomic mass is 19.3. The van der Waals surface area contributed by atoms with Crippen molar-refractivity contribution in [3.05, 3.63) is 24.0 Å². The van der Waals surface area contributed by atoms with Crippen LogP contribution in [-0.4, -0.2) is 70.0 Å². The summed E-state index contributed by atoms with van der Waals surface area (Å²) in [6.07, 6.45) is 7.03. The molecule has 33 heavy (non-hydrogen) atoms. The fourth-order valence-corrected chi connectivity index (χ4v) is 5.11. The molecule has 1 atom stereocenters. The second-order valence-corrected chi connectivity index (χ2v) is 10.0. The third kappa shape index (κ3) is 5.15. The maximum atomic E-state index is 13.6. The van der Waals surface area contributed by atoms with E-state index < -0.39 is 5.92 Å². The van der Waals surface area contributed by atoms with E-state index in [0.717, 1.165) is 43.4 Å². The van der Waals surface area contributed by atoms with E-state index in [1.807, 2.05) is 16.7 Å². The van der Waals surface area contributed by atoms with Gasteiger partial charge in [0.1, 0.15) is 17.1 Å². The Labute approximate surface area is 193 Å². The minimum absolute atomic E-state index is 0.0915. The smallest absolute Gasteiger partial charge is 0.270 e. The molecule has 1 saturated carbocycles. The number of rotatable bonds is 8. The normalized spacial score (nSPS) is 23.4. The molecule has 0 radical (unpaired) electrons.